The van der Waals surface area contributed by atoms with Gasteiger partial charge in [-0.25, -0.2) is 0 Å². The van der Waals surface area contributed by atoms with Crippen LogP contribution in [0.1, 0.15) is 13.8 Å². The van der Waals surface area contributed by atoms with Crippen LogP contribution in [0.4, 0.5) is 0 Å². The summed E-state index contributed by atoms with van der Waals surface area (Å²) in [6.45, 7) is 4.91. The molecule has 0 bridgehead atoms. The third-order valence-electron chi connectivity index (χ3n) is 1.51. The molecule has 0 aromatic heterocycles. The Kier molecular flexibility index (Phi) is 3.22. The average Bonchev–Trinajstić information content (AvgIpc) is 2.05. The lowest BCUT2D eigenvalue weighted by molar-refractivity contribution is -0.149. The van der Waals surface area contributed by atoms with Crippen LogP contribution in [0.5, 0.6) is 0 Å². The van der Waals surface area contributed by atoms with Crippen molar-refractivity contribution in [2.24, 2.45) is 10.9 Å². The van der Waals surface area contributed by atoms with Gasteiger partial charge in [0.1, 0.15) is 5.92 Å². The molecule has 1 aliphatic rings. The van der Waals surface area contributed by atoms with Gasteiger partial charge in [-0.2, -0.15) is 0 Å². The van der Waals surface area contributed by atoms with Gasteiger partial charge >= 0.3 is 5.97 Å². The van der Waals surface area contributed by atoms with Crippen molar-refractivity contribution in [3.8, 4) is 0 Å². The highest BCUT2D eigenvalue weighted by Gasteiger charge is 2.20. The van der Waals surface area contributed by atoms with Gasteiger partial charge in [0.25, 0.3) is 0 Å². The second kappa shape index (κ2) is 4.21. The van der Waals surface area contributed by atoms with Crippen molar-refractivity contribution in [3.63, 3.8) is 0 Å². The molecule has 0 amide bonds. The van der Waals surface area contributed by atoms with Crippen LogP contribution in [-0.4, -0.2) is 31.5 Å². The van der Waals surface area contributed by atoms with Crippen LogP contribution in [0.2, 0.25) is 0 Å². The quantitative estimate of drug-likeness (QED) is 0.602. The molecule has 0 saturated carbocycles. The first kappa shape index (κ1) is 9.19. The van der Waals surface area contributed by atoms with Gasteiger partial charge in [0.2, 0.25) is 0 Å². The fraction of sp³-hybridized carbons (Fsp3) is 0.750. The number of aliphatic imine (C=N–C) groups is 1. The van der Waals surface area contributed by atoms with Crippen LogP contribution in [0.15, 0.2) is 4.99 Å². The van der Waals surface area contributed by atoms with Crippen LogP contribution < -0.4 is 5.32 Å². The SMILES string of the molecule is CC(C)OC(=O)C1C=NCNC1. The van der Waals surface area contributed by atoms with E-state index in [1.165, 1.54) is 0 Å². The zero-order valence-corrected chi connectivity index (χ0v) is 7.41. The third kappa shape index (κ3) is 2.62. The van der Waals surface area contributed by atoms with Gasteiger partial charge in [0, 0.05) is 12.8 Å². The fourth-order valence-corrected chi connectivity index (χ4v) is 0.981. The molecule has 4 nitrogen and oxygen atoms in total. The monoisotopic (exact) mass is 170 g/mol. The van der Waals surface area contributed by atoms with E-state index in [0.29, 0.717) is 13.2 Å². The van der Waals surface area contributed by atoms with Gasteiger partial charge in [0.05, 0.1) is 12.8 Å². The Hall–Kier alpha value is -0.900. The Labute approximate surface area is 72.0 Å². The molecule has 1 heterocycles. The largest absolute Gasteiger partial charge is 0.462 e. The van der Waals surface area contributed by atoms with Gasteiger partial charge in [-0.1, -0.05) is 0 Å². The number of carbonyl (C=O) groups is 1. The van der Waals surface area contributed by atoms with Crippen molar-refractivity contribution in [1.82, 2.24) is 5.32 Å². The van der Waals surface area contributed by atoms with E-state index in [0.717, 1.165) is 0 Å². The molecule has 1 rings (SSSR count). The molecular weight excluding hydrogens is 156 g/mol. The second-order valence-electron chi connectivity index (χ2n) is 3.04. The summed E-state index contributed by atoms with van der Waals surface area (Å²) >= 11 is 0. The third-order valence-corrected chi connectivity index (χ3v) is 1.51. The first-order valence-corrected chi connectivity index (χ1v) is 4.11. The van der Waals surface area contributed by atoms with Crippen molar-refractivity contribution in [3.05, 3.63) is 0 Å². The smallest absolute Gasteiger partial charge is 0.315 e. The molecule has 0 radical (unpaired) electrons. The van der Waals surface area contributed by atoms with Crippen LogP contribution in [0.25, 0.3) is 0 Å². The number of ether oxygens (including phenoxy) is 1. The van der Waals surface area contributed by atoms with Crippen molar-refractivity contribution in [2.75, 3.05) is 13.2 Å². The topological polar surface area (TPSA) is 50.7 Å². The van der Waals surface area contributed by atoms with Gasteiger partial charge in [-0.05, 0) is 13.8 Å². The van der Waals surface area contributed by atoms with Gasteiger partial charge in [-0.15, -0.1) is 0 Å². The van der Waals surface area contributed by atoms with Crippen molar-refractivity contribution in [1.29, 1.82) is 0 Å². The summed E-state index contributed by atoms with van der Waals surface area (Å²) in [6.07, 6.45) is 1.61. The summed E-state index contributed by atoms with van der Waals surface area (Å²) < 4.78 is 5.02. The maximum atomic E-state index is 11.3. The maximum absolute atomic E-state index is 11.3. The molecule has 1 unspecified atom stereocenters. The number of hydrogen-bond acceptors (Lipinski definition) is 4. The number of nitrogens with one attached hydrogen (secondary N) is 1. The van der Waals surface area contributed by atoms with Crippen LogP contribution in [-0.2, 0) is 9.53 Å². The minimum absolute atomic E-state index is 0.0483. The highest BCUT2D eigenvalue weighted by Crippen LogP contribution is 2.01. The minimum Gasteiger partial charge on any atom is -0.462 e. The lowest BCUT2D eigenvalue weighted by Crippen LogP contribution is -2.35. The molecule has 0 spiro atoms. The molecule has 12 heavy (non-hydrogen) atoms. The molecule has 1 atom stereocenters. The predicted octanol–water partition coefficient (Wildman–Crippen LogP) is 0.186. The Morgan fingerprint density at radius 2 is 2.50 bits per heavy atom. The van der Waals surface area contributed by atoms with E-state index in [1.807, 2.05) is 13.8 Å². The maximum Gasteiger partial charge on any atom is 0.315 e. The van der Waals surface area contributed by atoms with E-state index in [1.54, 1.807) is 6.21 Å². The molecule has 0 aromatic rings. The van der Waals surface area contributed by atoms with Crippen LogP contribution in [0, 0.1) is 5.92 Å². The van der Waals surface area contributed by atoms with E-state index >= 15 is 0 Å². The molecule has 0 aliphatic carbocycles. The number of hydrogen-bond donors (Lipinski definition) is 1. The summed E-state index contributed by atoms with van der Waals surface area (Å²) in [7, 11) is 0. The van der Waals surface area contributed by atoms with Crippen molar-refractivity contribution in [2.45, 2.75) is 20.0 Å². The number of rotatable bonds is 2. The molecule has 1 aliphatic heterocycles. The zero-order chi connectivity index (χ0) is 8.97. The molecule has 1 N–H and O–H groups in total. The van der Waals surface area contributed by atoms with Gasteiger partial charge in [-0.3, -0.25) is 15.1 Å². The summed E-state index contributed by atoms with van der Waals surface area (Å²) in [5.74, 6) is -0.401. The highest BCUT2D eigenvalue weighted by atomic mass is 16.5. The molecule has 0 saturated heterocycles. The summed E-state index contributed by atoms with van der Waals surface area (Å²) in [5.41, 5.74) is 0. The Balaban J connectivity index is 2.40. The van der Waals surface area contributed by atoms with Gasteiger partial charge in [0.15, 0.2) is 0 Å². The number of carbonyl (C=O) groups excluding carboxylic acids is 1. The van der Waals surface area contributed by atoms with E-state index in [2.05, 4.69) is 10.3 Å². The Morgan fingerprint density at radius 3 is 3.00 bits per heavy atom. The Bertz CT molecular complexity index is 189. The van der Waals surface area contributed by atoms with E-state index < -0.39 is 0 Å². The molecule has 0 fully saturated rings. The molecule has 4 heteroatoms. The van der Waals surface area contributed by atoms with Crippen molar-refractivity contribution < 1.29 is 9.53 Å². The van der Waals surface area contributed by atoms with Gasteiger partial charge < -0.3 is 4.74 Å². The van der Waals surface area contributed by atoms with E-state index in [9.17, 15) is 4.79 Å². The second-order valence-corrected chi connectivity index (χ2v) is 3.04. The average molecular weight is 170 g/mol. The first-order chi connectivity index (χ1) is 5.70. The highest BCUT2D eigenvalue weighted by molar-refractivity contribution is 5.90. The zero-order valence-electron chi connectivity index (χ0n) is 7.41. The van der Waals surface area contributed by atoms with Crippen molar-refractivity contribution >= 4 is 12.2 Å². The molecular formula is C8H14N2O2. The van der Waals surface area contributed by atoms with Crippen LogP contribution in [0.3, 0.4) is 0 Å². The molecule has 68 valence electrons. The standard InChI is InChI=1S/C8H14N2O2/c1-6(2)12-8(11)7-3-9-5-10-4-7/h3,6-7,10H,4-5H2,1-2H3. The lowest BCUT2D eigenvalue weighted by atomic mass is 10.1. The summed E-state index contributed by atoms with van der Waals surface area (Å²) in [5, 5.41) is 2.99. The first-order valence-electron chi connectivity index (χ1n) is 4.11. The fourth-order valence-electron chi connectivity index (χ4n) is 0.981. The number of esters is 1. The van der Waals surface area contributed by atoms with Crippen LogP contribution >= 0.6 is 0 Å². The minimum atomic E-state index is -0.207. The predicted molar refractivity (Wildman–Crippen MR) is 46.1 cm³/mol. The van der Waals surface area contributed by atoms with E-state index in [4.69, 9.17) is 4.74 Å². The summed E-state index contributed by atoms with van der Waals surface area (Å²) in [6, 6.07) is 0. The number of nitrogens with zero attached hydrogens (tertiary/aromatic N) is 1. The summed E-state index contributed by atoms with van der Waals surface area (Å²) in [4.78, 5) is 15.2. The lowest BCUT2D eigenvalue weighted by Gasteiger charge is -2.17. The van der Waals surface area contributed by atoms with E-state index in [-0.39, 0.29) is 18.0 Å². The Morgan fingerprint density at radius 1 is 1.75 bits per heavy atom. The molecule has 0 aromatic carbocycles. The normalized spacial score (nSPS) is 22.8.